The van der Waals surface area contributed by atoms with Crippen molar-refractivity contribution in [2.24, 2.45) is 7.05 Å². The SMILES string of the molecule is Cn1cc(-c2ncncc2C(=O)NCc2ccccc2)c2ccccc21. The van der Waals surface area contributed by atoms with Crippen LogP contribution in [0.4, 0.5) is 0 Å². The van der Waals surface area contributed by atoms with Crippen LogP contribution < -0.4 is 5.32 Å². The number of hydrogen-bond donors (Lipinski definition) is 1. The number of hydrogen-bond acceptors (Lipinski definition) is 3. The highest BCUT2D eigenvalue weighted by Gasteiger charge is 2.18. The normalized spacial score (nSPS) is 10.8. The zero-order chi connectivity index (χ0) is 17.9. The van der Waals surface area contributed by atoms with Gasteiger partial charge in [0, 0.05) is 42.5 Å². The highest BCUT2D eigenvalue weighted by Crippen LogP contribution is 2.30. The molecule has 0 atom stereocenters. The molecule has 0 unspecified atom stereocenters. The molecule has 5 heteroatoms. The Bertz CT molecular complexity index is 1070. The number of carbonyl (C=O) groups is 1. The van der Waals surface area contributed by atoms with E-state index in [0.717, 1.165) is 22.0 Å². The number of aromatic nitrogens is 3. The van der Waals surface area contributed by atoms with Crippen LogP contribution in [0.3, 0.4) is 0 Å². The second-order valence-corrected chi connectivity index (χ2v) is 6.12. The number of amides is 1. The Morgan fingerprint density at radius 2 is 1.85 bits per heavy atom. The summed E-state index contributed by atoms with van der Waals surface area (Å²) in [4.78, 5) is 21.2. The molecule has 0 saturated heterocycles. The predicted molar refractivity (Wildman–Crippen MR) is 102 cm³/mol. The summed E-state index contributed by atoms with van der Waals surface area (Å²) >= 11 is 0. The monoisotopic (exact) mass is 342 g/mol. The van der Waals surface area contributed by atoms with Gasteiger partial charge in [-0.1, -0.05) is 48.5 Å². The summed E-state index contributed by atoms with van der Waals surface area (Å²) in [5.74, 6) is -0.183. The smallest absolute Gasteiger partial charge is 0.255 e. The molecule has 1 amide bonds. The third-order valence-corrected chi connectivity index (χ3v) is 4.40. The largest absolute Gasteiger partial charge is 0.350 e. The quantitative estimate of drug-likeness (QED) is 0.617. The van der Waals surface area contributed by atoms with Crippen molar-refractivity contribution in [3.8, 4) is 11.3 Å². The van der Waals surface area contributed by atoms with Gasteiger partial charge in [-0.05, 0) is 11.6 Å². The summed E-state index contributed by atoms with van der Waals surface area (Å²) in [6.45, 7) is 0.462. The lowest BCUT2D eigenvalue weighted by Gasteiger charge is -2.08. The maximum Gasteiger partial charge on any atom is 0.255 e. The maximum atomic E-state index is 12.8. The van der Waals surface area contributed by atoms with Gasteiger partial charge in [-0.15, -0.1) is 0 Å². The van der Waals surface area contributed by atoms with Crippen LogP contribution in [-0.2, 0) is 13.6 Å². The minimum absolute atomic E-state index is 0.183. The van der Waals surface area contributed by atoms with E-state index in [2.05, 4.69) is 21.4 Å². The second-order valence-electron chi connectivity index (χ2n) is 6.12. The Morgan fingerprint density at radius 3 is 2.69 bits per heavy atom. The summed E-state index contributed by atoms with van der Waals surface area (Å²) in [6.07, 6.45) is 5.05. The molecule has 4 rings (SSSR count). The molecule has 4 aromatic rings. The van der Waals surface area contributed by atoms with Gasteiger partial charge in [-0.3, -0.25) is 4.79 Å². The van der Waals surface area contributed by atoms with E-state index in [1.807, 2.05) is 66.3 Å². The van der Waals surface area contributed by atoms with Gasteiger partial charge in [0.1, 0.15) is 6.33 Å². The van der Waals surface area contributed by atoms with Crippen LogP contribution in [0.2, 0.25) is 0 Å². The molecule has 0 radical (unpaired) electrons. The molecule has 26 heavy (non-hydrogen) atoms. The van der Waals surface area contributed by atoms with E-state index in [1.54, 1.807) is 6.20 Å². The van der Waals surface area contributed by atoms with E-state index < -0.39 is 0 Å². The molecule has 0 bridgehead atoms. The number of aryl methyl sites for hydroxylation is 1. The third kappa shape index (κ3) is 2.95. The number of fused-ring (bicyclic) bond motifs is 1. The average molecular weight is 342 g/mol. The van der Waals surface area contributed by atoms with Crippen molar-refractivity contribution >= 4 is 16.8 Å². The predicted octanol–water partition coefficient (Wildman–Crippen LogP) is 3.57. The lowest BCUT2D eigenvalue weighted by atomic mass is 10.1. The first-order chi connectivity index (χ1) is 12.7. The topological polar surface area (TPSA) is 59.8 Å². The van der Waals surface area contributed by atoms with E-state index in [0.29, 0.717) is 17.8 Å². The van der Waals surface area contributed by atoms with Crippen LogP contribution in [0.25, 0.3) is 22.2 Å². The summed E-state index contributed by atoms with van der Waals surface area (Å²) in [5, 5.41) is 4.02. The minimum Gasteiger partial charge on any atom is -0.350 e. The Balaban J connectivity index is 1.69. The third-order valence-electron chi connectivity index (χ3n) is 4.40. The molecule has 2 heterocycles. The fourth-order valence-electron chi connectivity index (χ4n) is 3.11. The number of nitrogens with one attached hydrogen (secondary N) is 1. The molecule has 0 aliphatic heterocycles. The second kappa shape index (κ2) is 6.80. The van der Waals surface area contributed by atoms with Crippen molar-refractivity contribution in [3.05, 3.63) is 84.4 Å². The van der Waals surface area contributed by atoms with Gasteiger partial charge in [-0.2, -0.15) is 0 Å². The number of para-hydroxylation sites is 1. The highest BCUT2D eigenvalue weighted by atomic mass is 16.1. The molecule has 0 fully saturated rings. The molecule has 1 N–H and O–H groups in total. The summed E-state index contributed by atoms with van der Waals surface area (Å²) in [7, 11) is 1.99. The molecular weight excluding hydrogens is 324 g/mol. The van der Waals surface area contributed by atoms with Gasteiger partial charge in [0.2, 0.25) is 0 Å². The minimum atomic E-state index is -0.183. The van der Waals surface area contributed by atoms with E-state index >= 15 is 0 Å². The molecule has 2 aromatic heterocycles. The number of benzene rings is 2. The van der Waals surface area contributed by atoms with Crippen molar-refractivity contribution in [3.63, 3.8) is 0 Å². The zero-order valence-corrected chi connectivity index (χ0v) is 14.4. The van der Waals surface area contributed by atoms with Gasteiger partial charge in [0.05, 0.1) is 11.3 Å². The van der Waals surface area contributed by atoms with Crippen molar-refractivity contribution in [1.29, 1.82) is 0 Å². The van der Waals surface area contributed by atoms with E-state index in [9.17, 15) is 4.79 Å². The Labute approximate surface area is 151 Å². The average Bonchev–Trinajstić information content (AvgIpc) is 3.04. The van der Waals surface area contributed by atoms with Gasteiger partial charge < -0.3 is 9.88 Å². The lowest BCUT2D eigenvalue weighted by Crippen LogP contribution is -2.24. The molecule has 0 saturated carbocycles. The van der Waals surface area contributed by atoms with Crippen LogP contribution in [0, 0.1) is 0 Å². The Morgan fingerprint density at radius 1 is 1.08 bits per heavy atom. The highest BCUT2D eigenvalue weighted by molar-refractivity contribution is 6.04. The molecule has 0 aliphatic carbocycles. The first kappa shape index (κ1) is 16.0. The first-order valence-corrected chi connectivity index (χ1v) is 8.40. The molecule has 2 aromatic carbocycles. The molecular formula is C21H18N4O. The van der Waals surface area contributed by atoms with Crippen molar-refractivity contribution < 1.29 is 4.79 Å². The summed E-state index contributed by atoms with van der Waals surface area (Å²) in [5.41, 5.74) is 4.18. The zero-order valence-electron chi connectivity index (χ0n) is 14.4. The van der Waals surface area contributed by atoms with Crippen LogP contribution in [-0.4, -0.2) is 20.4 Å². The molecule has 5 nitrogen and oxygen atoms in total. The van der Waals surface area contributed by atoms with Crippen molar-refractivity contribution in [2.45, 2.75) is 6.54 Å². The molecule has 0 aliphatic rings. The standard InChI is InChI=1S/C21H18N4O/c1-25-13-18(16-9-5-6-10-19(16)25)20-17(12-22-14-24-20)21(26)23-11-15-7-3-2-4-8-15/h2-10,12-14H,11H2,1H3,(H,23,26). The van der Waals surface area contributed by atoms with E-state index in [1.165, 1.54) is 6.33 Å². The van der Waals surface area contributed by atoms with E-state index in [4.69, 9.17) is 0 Å². The van der Waals surface area contributed by atoms with Crippen LogP contribution in [0.15, 0.2) is 73.3 Å². The number of rotatable bonds is 4. The van der Waals surface area contributed by atoms with E-state index in [-0.39, 0.29) is 5.91 Å². The lowest BCUT2D eigenvalue weighted by molar-refractivity contribution is 0.0951. The number of carbonyl (C=O) groups excluding carboxylic acids is 1. The van der Waals surface area contributed by atoms with Crippen molar-refractivity contribution in [2.75, 3.05) is 0 Å². The maximum absolute atomic E-state index is 12.8. The van der Waals surface area contributed by atoms with Gasteiger partial charge in [0.25, 0.3) is 5.91 Å². The van der Waals surface area contributed by atoms with Crippen molar-refractivity contribution in [1.82, 2.24) is 19.9 Å². The van der Waals surface area contributed by atoms with Crippen LogP contribution in [0.1, 0.15) is 15.9 Å². The summed E-state index contributed by atoms with van der Waals surface area (Å²) in [6, 6.07) is 17.9. The molecule has 0 spiro atoms. The van der Waals surface area contributed by atoms with Gasteiger partial charge >= 0.3 is 0 Å². The first-order valence-electron chi connectivity index (χ1n) is 8.40. The van der Waals surface area contributed by atoms with Gasteiger partial charge in [-0.25, -0.2) is 9.97 Å². The van der Waals surface area contributed by atoms with Crippen LogP contribution >= 0.6 is 0 Å². The number of nitrogens with zero attached hydrogens (tertiary/aromatic N) is 3. The fourth-order valence-corrected chi connectivity index (χ4v) is 3.11. The Kier molecular flexibility index (Phi) is 4.19. The molecule has 128 valence electrons. The summed E-state index contributed by atoms with van der Waals surface area (Å²) < 4.78 is 2.04. The fraction of sp³-hybridized carbons (Fsp3) is 0.0952. The van der Waals surface area contributed by atoms with Crippen LogP contribution in [0.5, 0.6) is 0 Å². The van der Waals surface area contributed by atoms with Gasteiger partial charge in [0.15, 0.2) is 0 Å². The Hall–Kier alpha value is -3.47.